The smallest absolute Gasteiger partial charge is 0.330 e. The van der Waals surface area contributed by atoms with Gasteiger partial charge in [-0.15, -0.1) is 0 Å². The van der Waals surface area contributed by atoms with Crippen LogP contribution in [0.25, 0.3) is 0 Å². The Morgan fingerprint density at radius 2 is 1.87 bits per heavy atom. The van der Waals surface area contributed by atoms with Gasteiger partial charge in [0.1, 0.15) is 6.10 Å². The van der Waals surface area contributed by atoms with Gasteiger partial charge in [0.15, 0.2) is 0 Å². The molecule has 86 valence electrons. The first-order valence-electron chi connectivity index (χ1n) is 6.07. The number of hydrogen-bond acceptors (Lipinski definition) is 2. The summed E-state index contributed by atoms with van der Waals surface area (Å²) >= 11 is 0. The van der Waals surface area contributed by atoms with Gasteiger partial charge in [0.2, 0.25) is 0 Å². The largest absolute Gasteiger partial charge is 0.459 e. The zero-order chi connectivity index (χ0) is 11.1. The van der Waals surface area contributed by atoms with Crippen LogP contribution in [0.4, 0.5) is 0 Å². The standard InChI is InChI=1S/C13H22O2/c1-3-8-13(14)15-11(2)12-9-6-4-5-7-10-12/h3,8,11-12H,4-7,9-10H2,1-2H3. The molecule has 0 aromatic heterocycles. The predicted octanol–water partition coefficient (Wildman–Crippen LogP) is 3.46. The molecule has 0 amide bonds. The van der Waals surface area contributed by atoms with Gasteiger partial charge in [-0.1, -0.05) is 31.8 Å². The van der Waals surface area contributed by atoms with Crippen LogP contribution in [0.2, 0.25) is 0 Å². The molecule has 2 heteroatoms. The third-order valence-electron chi connectivity index (χ3n) is 3.17. The Balaban J connectivity index is 2.37. The Kier molecular flexibility index (Phi) is 5.44. The lowest BCUT2D eigenvalue weighted by Gasteiger charge is -2.21. The van der Waals surface area contributed by atoms with Gasteiger partial charge in [-0.05, 0) is 32.6 Å². The highest BCUT2D eigenvalue weighted by atomic mass is 16.5. The third kappa shape index (κ3) is 4.50. The van der Waals surface area contributed by atoms with E-state index in [1.807, 2.05) is 13.8 Å². The highest BCUT2D eigenvalue weighted by Crippen LogP contribution is 2.26. The van der Waals surface area contributed by atoms with E-state index in [1.54, 1.807) is 6.08 Å². The first-order chi connectivity index (χ1) is 7.24. The lowest BCUT2D eigenvalue weighted by Crippen LogP contribution is -2.22. The lowest BCUT2D eigenvalue weighted by molar-refractivity contribution is -0.144. The summed E-state index contributed by atoms with van der Waals surface area (Å²) in [6.45, 7) is 3.86. The Morgan fingerprint density at radius 1 is 1.27 bits per heavy atom. The average Bonchev–Trinajstić information content (AvgIpc) is 2.45. The summed E-state index contributed by atoms with van der Waals surface area (Å²) in [6, 6.07) is 0. The van der Waals surface area contributed by atoms with E-state index in [1.165, 1.54) is 44.6 Å². The lowest BCUT2D eigenvalue weighted by atomic mass is 9.95. The highest BCUT2D eigenvalue weighted by molar-refractivity contribution is 5.81. The summed E-state index contributed by atoms with van der Waals surface area (Å²) in [5.74, 6) is 0.371. The second-order valence-corrected chi connectivity index (χ2v) is 4.39. The molecule has 2 nitrogen and oxygen atoms in total. The van der Waals surface area contributed by atoms with Crippen LogP contribution in [0, 0.1) is 5.92 Å². The van der Waals surface area contributed by atoms with E-state index in [2.05, 4.69) is 0 Å². The SMILES string of the molecule is CC=CC(=O)OC(C)C1CCCCCC1. The van der Waals surface area contributed by atoms with E-state index in [9.17, 15) is 4.79 Å². The molecule has 1 aliphatic carbocycles. The number of rotatable bonds is 3. The normalized spacial score (nSPS) is 21.2. The molecule has 0 bridgehead atoms. The molecule has 1 fully saturated rings. The zero-order valence-electron chi connectivity index (χ0n) is 9.87. The Morgan fingerprint density at radius 3 is 2.40 bits per heavy atom. The summed E-state index contributed by atoms with van der Waals surface area (Å²) in [5, 5.41) is 0. The van der Waals surface area contributed by atoms with Gasteiger partial charge in [-0.25, -0.2) is 4.79 Å². The van der Waals surface area contributed by atoms with Crippen LogP contribution < -0.4 is 0 Å². The number of hydrogen-bond donors (Lipinski definition) is 0. The van der Waals surface area contributed by atoms with Gasteiger partial charge >= 0.3 is 5.97 Å². The van der Waals surface area contributed by atoms with Crippen molar-refractivity contribution >= 4 is 5.97 Å². The molecule has 15 heavy (non-hydrogen) atoms. The summed E-state index contributed by atoms with van der Waals surface area (Å²) in [5.41, 5.74) is 0. The maximum absolute atomic E-state index is 11.3. The molecule has 1 atom stereocenters. The van der Waals surface area contributed by atoms with Crippen LogP contribution in [-0.2, 0) is 9.53 Å². The van der Waals surface area contributed by atoms with Crippen LogP contribution in [0.15, 0.2) is 12.2 Å². The minimum Gasteiger partial charge on any atom is -0.459 e. The molecule has 1 unspecified atom stereocenters. The van der Waals surface area contributed by atoms with Crippen molar-refractivity contribution in [3.63, 3.8) is 0 Å². The first-order valence-corrected chi connectivity index (χ1v) is 6.07. The number of carbonyl (C=O) groups is 1. The number of esters is 1. The van der Waals surface area contributed by atoms with Crippen molar-refractivity contribution in [3.05, 3.63) is 12.2 Å². The van der Waals surface area contributed by atoms with Gasteiger partial charge in [-0.3, -0.25) is 0 Å². The van der Waals surface area contributed by atoms with Gasteiger partial charge in [-0.2, -0.15) is 0 Å². The van der Waals surface area contributed by atoms with E-state index in [0.29, 0.717) is 5.92 Å². The van der Waals surface area contributed by atoms with Gasteiger partial charge in [0, 0.05) is 6.08 Å². The van der Waals surface area contributed by atoms with Gasteiger partial charge < -0.3 is 4.74 Å². The fourth-order valence-corrected chi connectivity index (χ4v) is 2.24. The van der Waals surface area contributed by atoms with Crippen molar-refractivity contribution < 1.29 is 9.53 Å². The average molecular weight is 210 g/mol. The van der Waals surface area contributed by atoms with E-state index in [0.717, 1.165) is 0 Å². The Hall–Kier alpha value is -0.790. The van der Waals surface area contributed by atoms with Crippen LogP contribution in [-0.4, -0.2) is 12.1 Å². The maximum atomic E-state index is 11.3. The first kappa shape index (κ1) is 12.3. The van der Waals surface area contributed by atoms with E-state index in [4.69, 9.17) is 4.74 Å². The van der Waals surface area contributed by atoms with E-state index >= 15 is 0 Å². The molecule has 0 aromatic carbocycles. The molecule has 0 N–H and O–H groups in total. The van der Waals surface area contributed by atoms with Crippen molar-refractivity contribution in [1.82, 2.24) is 0 Å². The maximum Gasteiger partial charge on any atom is 0.330 e. The molecule has 1 rings (SSSR count). The molecule has 1 saturated carbocycles. The fraction of sp³-hybridized carbons (Fsp3) is 0.769. The number of ether oxygens (including phenoxy) is 1. The molecular formula is C13H22O2. The van der Waals surface area contributed by atoms with Gasteiger partial charge in [0.25, 0.3) is 0 Å². The topological polar surface area (TPSA) is 26.3 Å². The molecule has 0 spiro atoms. The van der Waals surface area contributed by atoms with E-state index < -0.39 is 0 Å². The minimum absolute atomic E-state index is 0.0757. The Bertz CT molecular complexity index is 213. The van der Waals surface area contributed by atoms with Gasteiger partial charge in [0.05, 0.1) is 0 Å². The summed E-state index contributed by atoms with van der Waals surface area (Å²) < 4.78 is 5.36. The molecule has 0 aliphatic heterocycles. The highest BCUT2D eigenvalue weighted by Gasteiger charge is 2.21. The van der Waals surface area contributed by atoms with Crippen molar-refractivity contribution in [2.24, 2.45) is 5.92 Å². The van der Waals surface area contributed by atoms with Crippen molar-refractivity contribution in [3.8, 4) is 0 Å². The molecular weight excluding hydrogens is 188 g/mol. The third-order valence-corrected chi connectivity index (χ3v) is 3.17. The monoisotopic (exact) mass is 210 g/mol. The van der Waals surface area contributed by atoms with Crippen LogP contribution in [0.3, 0.4) is 0 Å². The Labute approximate surface area is 92.7 Å². The van der Waals surface area contributed by atoms with Crippen molar-refractivity contribution in [1.29, 1.82) is 0 Å². The minimum atomic E-state index is -0.200. The summed E-state index contributed by atoms with van der Waals surface area (Å²) in [4.78, 5) is 11.3. The van der Waals surface area contributed by atoms with E-state index in [-0.39, 0.29) is 12.1 Å². The van der Waals surface area contributed by atoms with Crippen LogP contribution in [0.5, 0.6) is 0 Å². The number of allylic oxidation sites excluding steroid dienone is 1. The predicted molar refractivity (Wildman–Crippen MR) is 61.6 cm³/mol. The zero-order valence-corrected chi connectivity index (χ0v) is 9.87. The summed E-state index contributed by atoms with van der Waals surface area (Å²) in [7, 11) is 0. The second-order valence-electron chi connectivity index (χ2n) is 4.39. The molecule has 0 radical (unpaired) electrons. The summed E-state index contributed by atoms with van der Waals surface area (Å²) in [6.07, 6.45) is 11.0. The molecule has 0 heterocycles. The molecule has 0 aromatic rings. The number of carbonyl (C=O) groups excluding carboxylic acids is 1. The molecule has 0 saturated heterocycles. The fourth-order valence-electron chi connectivity index (χ4n) is 2.24. The van der Waals surface area contributed by atoms with Crippen LogP contribution >= 0.6 is 0 Å². The second kappa shape index (κ2) is 6.65. The molecule has 1 aliphatic rings. The van der Waals surface area contributed by atoms with Crippen molar-refractivity contribution in [2.75, 3.05) is 0 Å². The van der Waals surface area contributed by atoms with Crippen LogP contribution in [0.1, 0.15) is 52.4 Å². The van der Waals surface area contributed by atoms with Crippen molar-refractivity contribution in [2.45, 2.75) is 58.5 Å². The quantitative estimate of drug-likeness (QED) is 0.405.